The van der Waals surface area contributed by atoms with E-state index in [0.717, 1.165) is 11.3 Å². The van der Waals surface area contributed by atoms with Gasteiger partial charge in [0.2, 0.25) is 10.0 Å². The number of rotatable bonds is 6. The maximum Gasteiger partial charge on any atom is 0.264 e. The first-order chi connectivity index (χ1) is 11.0. The molecule has 0 radical (unpaired) electrons. The van der Waals surface area contributed by atoms with Gasteiger partial charge in [0.05, 0.1) is 9.23 Å². The van der Waals surface area contributed by atoms with E-state index in [2.05, 4.69) is 9.44 Å². The van der Waals surface area contributed by atoms with Gasteiger partial charge in [0.1, 0.15) is 9.23 Å². The Morgan fingerprint density at radius 1 is 1.00 bits per heavy atom. The molecule has 0 unspecified atom stereocenters. The minimum atomic E-state index is -3.91. The van der Waals surface area contributed by atoms with Gasteiger partial charge < -0.3 is 0 Å². The minimum absolute atomic E-state index is 0.0377. The molecule has 0 saturated heterocycles. The Bertz CT molecular complexity index is 936. The molecule has 0 spiro atoms. The van der Waals surface area contributed by atoms with Crippen LogP contribution in [0.3, 0.4) is 0 Å². The Morgan fingerprint density at radius 2 is 1.58 bits per heavy atom. The summed E-state index contributed by atoms with van der Waals surface area (Å²) in [5, 5.41) is 0. The minimum Gasteiger partial charge on any atom is -0.280 e. The summed E-state index contributed by atoms with van der Waals surface area (Å²) >= 11 is 12.6. The highest BCUT2D eigenvalue weighted by atomic mass is 35.5. The molecule has 6 nitrogen and oxygen atoms in total. The van der Waals surface area contributed by atoms with Gasteiger partial charge in [0.15, 0.2) is 0 Å². The second kappa shape index (κ2) is 7.19. The van der Waals surface area contributed by atoms with E-state index in [0.29, 0.717) is 0 Å². The molecule has 0 bridgehead atoms. The molecule has 2 aromatic rings. The molecule has 2 N–H and O–H groups in total. The summed E-state index contributed by atoms with van der Waals surface area (Å²) in [4.78, 5) is -0.0897. The SMILES string of the molecule is CC(C)NS(=O)(=O)c1ccc(NS(=O)(=O)c2cc(Cl)sc2Cl)cc1. The van der Waals surface area contributed by atoms with Crippen molar-refractivity contribution in [2.45, 2.75) is 29.7 Å². The Hall–Kier alpha value is -0.840. The van der Waals surface area contributed by atoms with Crippen molar-refractivity contribution in [1.82, 2.24) is 4.72 Å². The van der Waals surface area contributed by atoms with Crippen molar-refractivity contribution in [3.05, 3.63) is 39.0 Å². The highest BCUT2D eigenvalue weighted by molar-refractivity contribution is 7.93. The number of thiophene rings is 1. The van der Waals surface area contributed by atoms with Crippen molar-refractivity contribution in [1.29, 1.82) is 0 Å². The molecule has 0 aliphatic rings. The quantitative estimate of drug-likeness (QED) is 0.735. The van der Waals surface area contributed by atoms with Gasteiger partial charge in [-0.05, 0) is 44.2 Å². The normalized spacial score (nSPS) is 12.5. The lowest BCUT2D eigenvalue weighted by Crippen LogP contribution is -2.30. The van der Waals surface area contributed by atoms with Crippen LogP contribution in [0.1, 0.15) is 13.8 Å². The van der Waals surface area contributed by atoms with E-state index in [-0.39, 0.29) is 30.2 Å². The largest absolute Gasteiger partial charge is 0.280 e. The van der Waals surface area contributed by atoms with Crippen LogP contribution in [0, 0.1) is 0 Å². The molecule has 0 aliphatic heterocycles. The second-order valence-corrected chi connectivity index (χ2v) is 10.7. The standard InChI is InChI=1S/C13H14Cl2N2O4S3/c1-8(2)16-23(18,19)10-5-3-9(4-6-10)17-24(20,21)11-7-12(14)22-13(11)15/h3-8,16-17H,1-2H3. The number of hydrogen-bond acceptors (Lipinski definition) is 5. The predicted molar refractivity (Wildman–Crippen MR) is 97.0 cm³/mol. The van der Waals surface area contributed by atoms with E-state index in [1.54, 1.807) is 13.8 Å². The van der Waals surface area contributed by atoms with E-state index in [1.165, 1.54) is 30.3 Å². The van der Waals surface area contributed by atoms with E-state index in [1.807, 2.05) is 0 Å². The van der Waals surface area contributed by atoms with Gasteiger partial charge >= 0.3 is 0 Å². The van der Waals surface area contributed by atoms with Crippen LogP contribution in [0.5, 0.6) is 0 Å². The zero-order chi connectivity index (χ0) is 18.1. The van der Waals surface area contributed by atoms with Gasteiger partial charge in [-0.2, -0.15) is 0 Å². The van der Waals surface area contributed by atoms with Crippen LogP contribution in [-0.4, -0.2) is 22.9 Å². The number of sulfonamides is 2. The van der Waals surface area contributed by atoms with Gasteiger partial charge in [0.25, 0.3) is 10.0 Å². The van der Waals surface area contributed by atoms with Gasteiger partial charge in [-0.15, -0.1) is 11.3 Å². The summed E-state index contributed by atoms with van der Waals surface area (Å²) in [7, 11) is -7.55. The number of nitrogens with one attached hydrogen (secondary N) is 2. The van der Waals surface area contributed by atoms with Crippen molar-refractivity contribution in [2.24, 2.45) is 0 Å². The lowest BCUT2D eigenvalue weighted by atomic mass is 10.3. The van der Waals surface area contributed by atoms with Crippen LogP contribution >= 0.6 is 34.5 Å². The van der Waals surface area contributed by atoms with E-state index in [9.17, 15) is 16.8 Å². The highest BCUT2D eigenvalue weighted by Crippen LogP contribution is 2.35. The lowest BCUT2D eigenvalue weighted by Gasteiger charge is -2.11. The third-order valence-electron chi connectivity index (χ3n) is 2.72. The Kier molecular flexibility index (Phi) is 5.83. The van der Waals surface area contributed by atoms with E-state index < -0.39 is 20.0 Å². The molecule has 24 heavy (non-hydrogen) atoms. The first-order valence-electron chi connectivity index (χ1n) is 6.61. The average Bonchev–Trinajstić information content (AvgIpc) is 2.77. The van der Waals surface area contributed by atoms with Crippen molar-refractivity contribution < 1.29 is 16.8 Å². The lowest BCUT2D eigenvalue weighted by molar-refractivity contribution is 0.570. The molecular weight excluding hydrogens is 415 g/mol. The summed E-state index contributed by atoms with van der Waals surface area (Å²) in [6.45, 7) is 3.41. The van der Waals surface area contributed by atoms with Crippen LogP contribution in [0.4, 0.5) is 5.69 Å². The van der Waals surface area contributed by atoms with Crippen LogP contribution in [-0.2, 0) is 20.0 Å². The Balaban J connectivity index is 2.25. The fourth-order valence-corrected chi connectivity index (χ4v) is 6.26. The fourth-order valence-electron chi connectivity index (χ4n) is 1.80. The molecule has 1 aromatic heterocycles. The van der Waals surface area contributed by atoms with Crippen LogP contribution < -0.4 is 9.44 Å². The maximum atomic E-state index is 12.3. The Labute approximate surface area is 154 Å². The molecule has 0 amide bonds. The molecule has 0 atom stereocenters. The Morgan fingerprint density at radius 3 is 2.04 bits per heavy atom. The van der Waals surface area contributed by atoms with E-state index >= 15 is 0 Å². The zero-order valence-corrected chi connectivity index (χ0v) is 16.5. The second-order valence-electron chi connectivity index (χ2n) is 5.09. The third kappa shape index (κ3) is 4.62. The molecule has 0 aliphatic carbocycles. The van der Waals surface area contributed by atoms with Crippen molar-refractivity contribution in [3.63, 3.8) is 0 Å². The number of hydrogen-bond donors (Lipinski definition) is 2. The molecule has 2 rings (SSSR count). The maximum absolute atomic E-state index is 12.3. The topological polar surface area (TPSA) is 92.3 Å². The smallest absolute Gasteiger partial charge is 0.264 e. The molecule has 132 valence electrons. The van der Waals surface area contributed by atoms with Gasteiger partial charge in [-0.25, -0.2) is 21.6 Å². The van der Waals surface area contributed by atoms with Gasteiger partial charge in [-0.1, -0.05) is 23.2 Å². The van der Waals surface area contributed by atoms with Crippen molar-refractivity contribution >= 4 is 60.3 Å². The van der Waals surface area contributed by atoms with Crippen molar-refractivity contribution in [3.8, 4) is 0 Å². The molecule has 1 heterocycles. The average molecular weight is 429 g/mol. The van der Waals surface area contributed by atoms with Gasteiger partial charge in [0, 0.05) is 11.7 Å². The fraction of sp³-hybridized carbons (Fsp3) is 0.231. The predicted octanol–water partition coefficient (Wildman–Crippen LogP) is 3.54. The first-order valence-corrected chi connectivity index (χ1v) is 11.2. The number of benzene rings is 1. The first kappa shape index (κ1) is 19.5. The highest BCUT2D eigenvalue weighted by Gasteiger charge is 2.21. The zero-order valence-electron chi connectivity index (χ0n) is 12.6. The molecule has 1 aromatic carbocycles. The van der Waals surface area contributed by atoms with Crippen LogP contribution in [0.25, 0.3) is 0 Å². The van der Waals surface area contributed by atoms with Crippen molar-refractivity contribution in [2.75, 3.05) is 4.72 Å². The summed E-state index contributed by atoms with van der Waals surface area (Å²) in [6.07, 6.45) is 0. The summed E-state index contributed by atoms with van der Waals surface area (Å²) < 4.78 is 53.7. The molecular formula is C13H14Cl2N2O4S3. The summed E-state index contributed by atoms with van der Waals surface area (Å²) in [5.74, 6) is 0. The van der Waals surface area contributed by atoms with Gasteiger partial charge in [-0.3, -0.25) is 4.72 Å². The molecule has 0 fully saturated rings. The van der Waals surface area contributed by atoms with Crippen LogP contribution in [0.15, 0.2) is 40.1 Å². The van der Waals surface area contributed by atoms with Crippen LogP contribution in [0.2, 0.25) is 8.67 Å². The number of anilines is 1. The molecule has 11 heteroatoms. The number of halogens is 2. The molecule has 0 saturated carbocycles. The third-order valence-corrected chi connectivity index (χ3v) is 7.53. The van der Waals surface area contributed by atoms with E-state index in [4.69, 9.17) is 23.2 Å². The summed E-state index contributed by atoms with van der Waals surface area (Å²) in [5.41, 5.74) is 0.205. The monoisotopic (exact) mass is 428 g/mol. The summed E-state index contributed by atoms with van der Waals surface area (Å²) in [6, 6.07) is 6.33.